The number of esters is 1. The van der Waals surface area contributed by atoms with Crippen molar-refractivity contribution >= 4 is 5.97 Å². The van der Waals surface area contributed by atoms with E-state index in [0.29, 0.717) is 12.2 Å². The van der Waals surface area contributed by atoms with Crippen molar-refractivity contribution in [2.45, 2.75) is 58.8 Å². The number of carbonyl (C=O) groups excluding carboxylic acids is 1. The summed E-state index contributed by atoms with van der Waals surface area (Å²) in [7, 11) is 0. The second-order valence-corrected chi connectivity index (χ2v) is 6.66. The normalized spacial score (nSPS) is 16.9. The molecule has 1 aromatic carbocycles. The van der Waals surface area contributed by atoms with Crippen LogP contribution in [-0.2, 0) is 32.9 Å². The third kappa shape index (κ3) is 3.18. The highest BCUT2D eigenvalue weighted by atomic mass is 19.1. The lowest BCUT2D eigenvalue weighted by molar-refractivity contribution is -0.153. The van der Waals surface area contributed by atoms with Crippen molar-refractivity contribution in [3.63, 3.8) is 0 Å². The van der Waals surface area contributed by atoms with Gasteiger partial charge in [-0.3, -0.25) is 4.79 Å². The molecule has 110 valence electrons. The van der Waals surface area contributed by atoms with Gasteiger partial charge in [-0.25, -0.2) is 4.39 Å². The third-order valence-electron chi connectivity index (χ3n) is 3.21. The number of rotatable bonds is 2. The maximum atomic E-state index is 13.7. The second-order valence-electron chi connectivity index (χ2n) is 6.66. The largest absolute Gasteiger partial charge is 0.460 e. The van der Waals surface area contributed by atoms with Gasteiger partial charge in [-0.1, -0.05) is 0 Å². The van der Waals surface area contributed by atoms with Gasteiger partial charge in [0.1, 0.15) is 11.4 Å². The van der Waals surface area contributed by atoms with Crippen LogP contribution in [-0.4, -0.2) is 11.6 Å². The molecule has 0 N–H and O–H groups in total. The Morgan fingerprint density at radius 1 is 1.40 bits per heavy atom. The van der Waals surface area contributed by atoms with Crippen LogP contribution in [0.2, 0.25) is 0 Å². The monoisotopic (exact) mass is 280 g/mol. The minimum absolute atomic E-state index is 0.0597. The Labute approximate surface area is 119 Å². The Morgan fingerprint density at radius 2 is 2.05 bits per heavy atom. The first-order valence-corrected chi connectivity index (χ1v) is 6.76. The first-order valence-electron chi connectivity index (χ1n) is 6.76. The molecule has 3 nitrogen and oxygen atoms in total. The van der Waals surface area contributed by atoms with Crippen molar-refractivity contribution in [1.29, 1.82) is 0 Å². The number of ether oxygens (including phenoxy) is 2. The van der Waals surface area contributed by atoms with E-state index in [9.17, 15) is 9.18 Å². The van der Waals surface area contributed by atoms with Gasteiger partial charge in [0.05, 0.1) is 18.6 Å². The quantitative estimate of drug-likeness (QED) is 0.778. The highest BCUT2D eigenvalue weighted by molar-refractivity contribution is 5.74. The molecular weight excluding hydrogens is 259 g/mol. The SMILES string of the molecule is CC(C)(C)OC(=O)Cc1cc(F)cc2c1C(C)(C)OC2. The van der Waals surface area contributed by atoms with Crippen LogP contribution in [0.15, 0.2) is 12.1 Å². The Kier molecular flexibility index (Phi) is 3.63. The number of halogens is 1. The summed E-state index contributed by atoms with van der Waals surface area (Å²) >= 11 is 0. The van der Waals surface area contributed by atoms with Crippen LogP contribution in [0.25, 0.3) is 0 Å². The summed E-state index contributed by atoms with van der Waals surface area (Å²) in [6.07, 6.45) is 0.0597. The Hall–Kier alpha value is -1.42. The highest BCUT2D eigenvalue weighted by Gasteiger charge is 2.34. The van der Waals surface area contributed by atoms with Gasteiger partial charge in [-0.15, -0.1) is 0 Å². The van der Waals surface area contributed by atoms with E-state index >= 15 is 0 Å². The fourth-order valence-electron chi connectivity index (χ4n) is 2.62. The smallest absolute Gasteiger partial charge is 0.310 e. The van der Waals surface area contributed by atoms with Crippen LogP contribution in [0.5, 0.6) is 0 Å². The number of hydrogen-bond acceptors (Lipinski definition) is 3. The maximum absolute atomic E-state index is 13.7. The average molecular weight is 280 g/mol. The Balaban J connectivity index is 2.31. The lowest BCUT2D eigenvalue weighted by atomic mass is 9.89. The van der Waals surface area contributed by atoms with Crippen molar-refractivity contribution in [2.75, 3.05) is 0 Å². The number of fused-ring (bicyclic) bond motifs is 1. The van der Waals surface area contributed by atoms with Crippen LogP contribution in [0.3, 0.4) is 0 Å². The summed E-state index contributed by atoms with van der Waals surface area (Å²) in [4.78, 5) is 12.0. The molecule has 1 aliphatic heterocycles. The van der Waals surface area contributed by atoms with Crippen molar-refractivity contribution in [3.8, 4) is 0 Å². The second kappa shape index (κ2) is 4.85. The maximum Gasteiger partial charge on any atom is 0.310 e. The number of benzene rings is 1. The predicted molar refractivity (Wildman–Crippen MR) is 73.8 cm³/mol. The van der Waals surface area contributed by atoms with E-state index in [1.807, 2.05) is 34.6 Å². The molecule has 0 fully saturated rings. The zero-order valence-electron chi connectivity index (χ0n) is 12.7. The van der Waals surface area contributed by atoms with Gasteiger partial charge in [0.2, 0.25) is 0 Å². The predicted octanol–water partition coefficient (Wildman–Crippen LogP) is 3.48. The Bertz CT molecular complexity index is 541. The average Bonchev–Trinajstić information content (AvgIpc) is 2.51. The topological polar surface area (TPSA) is 35.5 Å². The van der Waals surface area contributed by atoms with E-state index in [-0.39, 0.29) is 18.2 Å². The van der Waals surface area contributed by atoms with Gasteiger partial charge in [0, 0.05) is 0 Å². The summed E-state index contributed by atoms with van der Waals surface area (Å²) < 4.78 is 24.6. The summed E-state index contributed by atoms with van der Waals surface area (Å²) in [6, 6.07) is 2.88. The summed E-state index contributed by atoms with van der Waals surface area (Å²) in [5.41, 5.74) is 1.33. The fourth-order valence-corrected chi connectivity index (χ4v) is 2.62. The van der Waals surface area contributed by atoms with Crippen LogP contribution >= 0.6 is 0 Å². The first kappa shape index (κ1) is 15.0. The molecular formula is C16H21FO3. The minimum atomic E-state index is -0.542. The molecule has 0 aliphatic carbocycles. The van der Waals surface area contributed by atoms with Crippen LogP contribution in [0, 0.1) is 5.82 Å². The molecule has 0 saturated heterocycles. The van der Waals surface area contributed by atoms with Crippen LogP contribution < -0.4 is 0 Å². The van der Waals surface area contributed by atoms with E-state index < -0.39 is 11.2 Å². The molecule has 0 atom stereocenters. The van der Waals surface area contributed by atoms with Gasteiger partial charge in [-0.2, -0.15) is 0 Å². The zero-order chi connectivity index (χ0) is 15.1. The Morgan fingerprint density at radius 3 is 2.65 bits per heavy atom. The lowest BCUT2D eigenvalue weighted by Gasteiger charge is -2.23. The third-order valence-corrected chi connectivity index (χ3v) is 3.21. The zero-order valence-corrected chi connectivity index (χ0v) is 12.7. The molecule has 0 bridgehead atoms. The van der Waals surface area contributed by atoms with Crippen LogP contribution in [0.4, 0.5) is 4.39 Å². The standard InChI is InChI=1S/C16H21FO3/c1-15(2,3)20-13(18)8-10-6-12(17)7-11-9-19-16(4,5)14(10)11/h6-7H,8-9H2,1-5H3. The summed E-state index contributed by atoms with van der Waals surface area (Å²) in [5, 5.41) is 0. The minimum Gasteiger partial charge on any atom is -0.460 e. The first-order chi connectivity index (χ1) is 9.08. The van der Waals surface area contributed by atoms with E-state index in [2.05, 4.69) is 0 Å². The molecule has 1 aliphatic rings. The molecule has 20 heavy (non-hydrogen) atoms. The van der Waals surface area contributed by atoms with Crippen LogP contribution in [0.1, 0.15) is 51.3 Å². The van der Waals surface area contributed by atoms with Crippen molar-refractivity contribution in [1.82, 2.24) is 0 Å². The molecule has 4 heteroatoms. The van der Waals surface area contributed by atoms with Crippen molar-refractivity contribution < 1.29 is 18.7 Å². The van der Waals surface area contributed by atoms with Crippen molar-refractivity contribution in [3.05, 3.63) is 34.6 Å². The molecule has 0 saturated carbocycles. The van der Waals surface area contributed by atoms with Crippen molar-refractivity contribution in [2.24, 2.45) is 0 Å². The molecule has 0 amide bonds. The van der Waals surface area contributed by atoms with Gasteiger partial charge < -0.3 is 9.47 Å². The molecule has 0 unspecified atom stereocenters. The van der Waals surface area contributed by atoms with Gasteiger partial charge >= 0.3 is 5.97 Å². The fraction of sp³-hybridized carbons (Fsp3) is 0.562. The van der Waals surface area contributed by atoms with E-state index in [0.717, 1.165) is 11.1 Å². The van der Waals surface area contributed by atoms with E-state index in [4.69, 9.17) is 9.47 Å². The van der Waals surface area contributed by atoms with E-state index in [1.54, 1.807) is 0 Å². The molecule has 1 heterocycles. The number of hydrogen-bond donors (Lipinski definition) is 0. The molecule has 0 spiro atoms. The molecule has 2 rings (SSSR count). The van der Waals surface area contributed by atoms with Gasteiger partial charge in [0.15, 0.2) is 0 Å². The number of carbonyl (C=O) groups is 1. The van der Waals surface area contributed by atoms with Gasteiger partial charge in [-0.05, 0) is 63.4 Å². The highest BCUT2D eigenvalue weighted by Crippen LogP contribution is 2.39. The van der Waals surface area contributed by atoms with E-state index in [1.165, 1.54) is 12.1 Å². The molecule has 0 radical (unpaired) electrons. The van der Waals surface area contributed by atoms with Gasteiger partial charge in [0.25, 0.3) is 0 Å². The summed E-state index contributed by atoms with van der Waals surface area (Å²) in [5.74, 6) is -0.698. The molecule has 1 aromatic rings. The molecule has 0 aromatic heterocycles. The lowest BCUT2D eigenvalue weighted by Crippen LogP contribution is -2.26. The summed E-state index contributed by atoms with van der Waals surface area (Å²) in [6.45, 7) is 9.67.